The van der Waals surface area contributed by atoms with Crippen LogP contribution < -0.4 is 14.5 Å². The summed E-state index contributed by atoms with van der Waals surface area (Å²) in [6.07, 6.45) is 4.99. The van der Waals surface area contributed by atoms with Crippen molar-refractivity contribution in [2.24, 2.45) is 5.92 Å². The number of hydrogen-bond acceptors (Lipinski definition) is 6. The third-order valence-corrected chi connectivity index (χ3v) is 6.80. The van der Waals surface area contributed by atoms with Crippen LogP contribution in [0.1, 0.15) is 18.4 Å². The van der Waals surface area contributed by atoms with E-state index in [1.54, 1.807) is 12.4 Å². The lowest BCUT2D eigenvalue weighted by atomic mass is 9.95. The second-order valence-corrected chi connectivity index (χ2v) is 8.96. The lowest BCUT2D eigenvalue weighted by Crippen LogP contribution is -2.51. The molecule has 7 heteroatoms. The standard InChI is InChI=1S/C27H31N5O2/c1-21-7-5-6-10-24(21)34-26-25(28-13-14-29-26)31-15-11-22(12-16-31)27(33)32-19-17-30(18-20-32)23-8-3-2-4-9-23/h2-10,13-14,22H,11-12,15-20H2,1H3. The van der Waals surface area contributed by atoms with Crippen LogP contribution in [0.4, 0.5) is 11.5 Å². The van der Waals surface area contributed by atoms with Crippen molar-refractivity contribution in [2.75, 3.05) is 49.1 Å². The van der Waals surface area contributed by atoms with Gasteiger partial charge in [-0.25, -0.2) is 9.97 Å². The average Bonchev–Trinajstić information content (AvgIpc) is 2.91. The van der Waals surface area contributed by atoms with E-state index in [1.165, 1.54) is 5.69 Å². The highest BCUT2D eigenvalue weighted by Crippen LogP contribution is 2.32. The summed E-state index contributed by atoms with van der Waals surface area (Å²) in [6.45, 7) is 6.88. The molecule has 5 rings (SSSR count). The van der Waals surface area contributed by atoms with E-state index in [0.717, 1.165) is 69.2 Å². The number of benzene rings is 2. The second kappa shape index (κ2) is 10.1. The third kappa shape index (κ3) is 4.83. The molecule has 2 aromatic carbocycles. The predicted octanol–water partition coefficient (Wildman–Crippen LogP) is 4.14. The number of aryl methyl sites for hydroxylation is 1. The maximum atomic E-state index is 13.2. The zero-order chi connectivity index (χ0) is 23.3. The molecule has 34 heavy (non-hydrogen) atoms. The van der Waals surface area contributed by atoms with Crippen molar-refractivity contribution in [2.45, 2.75) is 19.8 Å². The summed E-state index contributed by atoms with van der Waals surface area (Å²) >= 11 is 0. The Hall–Kier alpha value is -3.61. The molecule has 3 aromatic rings. The summed E-state index contributed by atoms with van der Waals surface area (Å²) in [7, 11) is 0. The number of aromatic nitrogens is 2. The van der Waals surface area contributed by atoms with Gasteiger partial charge in [0.2, 0.25) is 5.91 Å². The quantitative estimate of drug-likeness (QED) is 0.574. The summed E-state index contributed by atoms with van der Waals surface area (Å²) < 4.78 is 6.11. The van der Waals surface area contributed by atoms with Crippen LogP contribution in [0, 0.1) is 12.8 Å². The summed E-state index contributed by atoms with van der Waals surface area (Å²) in [5.41, 5.74) is 2.28. The first-order valence-corrected chi connectivity index (χ1v) is 12.1. The van der Waals surface area contributed by atoms with Gasteiger partial charge in [-0.2, -0.15) is 0 Å². The van der Waals surface area contributed by atoms with Gasteiger partial charge in [-0.1, -0.05) is 36.4 Å². The summed E-state index contributed by atoms with van der Waals surface area (Å²) in [6, 6.07) is 18.3. The van der Waals surface area contributed by atoms with Crippen molar-refractivity contribution in [1.82, 2.24) is 14.9 Å². The monoisotopic (exact) mass is 457 g/mol. The van der Waals surface area contributed by atoms with Gasteiger partial charge in [0.05, 0.1) is 0 Å². The zero-order valence-corrected chi connectivity index (χ0v) is 19.6. The number of piperidine rings is 1. The maximum Gasteiger partial charge on any atom is 0.263 e. The summed E-state index contributed by atoms with van der Waals surface area (Å²) in [4.78, 5) is 28.8. The molecule has 7 nitrogen and oxygen atoms in total. The third-order valence-electron chi connectivity index (χ3n) is 6.80. The van der Waals surface area contributed by atoms with Gasteiger partial charge < -0.3 is 19.4 Å². The first-order chi connectivity index (χ1) is 16.7. The molecule has 2 aliphatic rings. The Morgan fingerprint density at radius 2 is 1.50 bits per heavy atom. The highest BCUT2D eigenvalue weighted by molar-refractivity contribution is 5.79. The van der Waals surface area contributed by atoms with E-state index in [2.05, 4.69) is 48.9 Å². The fourth-order valence-electron chi connectivity index (χ4n) is 4.80. The number of ether oxygens (including phenoxy) is 1. The minimum absolute atomic E-state index is 0.0666. The van der Waals surface area contributed by atoms with Crippen molar-refractivity contribution < 1.29 is 9.53 Å². The lowest BCUT2D eigenvalue weighted by Gasteiger charge is -2.39. The number of carbonyl (C=O) groups is 1. The molecule has 0 atom stereocenters. The molecule has 0 N–H and O–H groups in total. The van der Waals surface area contributed by atoms with Crippen LogP contribution in [0.15, 0.2) is 67.0 Å². The smallest absolute Gasteiger partial charge is 0.263 e. The minimum Gasteiger partial charge on any atom is -0.436 e. The fraction of sp³-hybridized carbons (Fsp3) is 0.370. The fourth-order valence-corrected chi connectivity index (χ4v) is 4.80. The molecule has 0 unspecified atom stereocenters. The van der Waals surface area contributed by atoms with Crippen LogP contribution in [0.2, 0.25) is 0 Å². The SMILES string of the molecule is Cc1ccccc1Oc1nccnc1N1CCC(C(=O)N2CCN(c3ccccc3)CC2)CC1. The van der Waals surface area contributed by atoms with Gasteiger partial charge in [0, 0.05) is 63.3 Å². The van der Waals surface area contributed by atoms with Gasteiger partial charge in [-0.15, -0.1) is 0 Å². The Kier molecular flexibility index (Phi) is 6.60. The van der Waals surface area contributed by atoms with E-state index >= 15 is 0 Å². The van der Waals surface area contributed by atoms with Crippen molar-refractivity contribution >= 4 is 17.4 Å². The van der Waals surface area contributed by atoms with Crippen LogP contribution in [-0.4, -0.2) is 60.0 Å². The van der Waals surface area contributed by atoms with Crippen molar-refractivity contribution in [3.05, 3.63) is 72.6 Å². The number of amides is 1. The molecule has 0 saturated carbocycles. The summed E-state index contributed by atoms with van der Waals surface area (Å²) in [5, 5.41) is 0. The van der Waals surface area contributed by atoms with Gasteiger partial charge in [0.25, 0.3) is 5.88 Å². The van der Waals surface area contributed by atoms with E-state index in [0.29, 0.717) is 11.8 Å². The Labute approximate surface area is 201 Å². The number of nitrogens with zero attached hydrogens (tertiary/aromatic N) is 5. The second-order valence-electron chi connectivity index (χ2n) is 8.96. The molecule has 1 aromatic heterocycles. The molecular weight excluding hydrogens is 426 g/mol. The normalized spacial score (nSPS) is 17.0. The Morgan fingerprint density at radius 1 is 0.824 bits per heavy atom. The molecule has 2 fully saturated rings. The molecule has 0 radical (unpaired) electrons. The predicted molar refractivity (Wildman–Crippen MR) is 133 cm³/mol. The Balaban J connectivity index is 1.17. The van der Waals surface area contributed by atoms with E-state index in [4.69, 9.17) is 4.74 Å². The minimum atomic E-state index is 0.0666. The highest BCUT2D eigenvalue weighted by Gasteiger charge is 2.31. The number of rotatable bonds is 5. The molecule has 0 bridgehead atoms. The van der Waals surface area contributed by atoms with E-state index in [-0.39, 0.29) is 5.92 Å². The number of anilines is 2. The molecule has 0 spiro atoms. The van der Waals surface area contributed by atoms with Gasteiger partial charge in [0.1, 0.15) is 5.75 Å². The van der Waals surface area contributed by atoms with Crippen LogP contribution in [-0.2, 0) is 4.79 Å². The highest BCUT2D eigenvalue weighted by atomic mass is 16.5. The van der Waals surface area contributed by atoms with Gasteiger partial charge in [-0.05, 0) is 43.5 Å². The van der Waals surface area contributed by atoms with Gasteiger partial charge in [0.15, 0.2) is 5.82 Å². The number of hydrogen-bond donors (Lipinski definition) is 0. The van der Waals surface area contributed by atoms with E-state index in [9.17, 15) is 4.79 Å². The molecule has 176 valence electrons. The van der Waals surface area contributed by atoms with Crippen LogP contribution in [0.25, 0.3) is 0 Å². The number of para-hydroxylation sites is 2. The first-order valence-electron chi connectivity index (χ1n) is 12.1. The van der Waals surface area contributed by atoms with Crippen molar-refractivity contribution in [3.8, 4) is 11.6 Å². The average molecular weight is 458 g/mol. The van der Waals surface area contributed by atoms with Crippen molar-refractivity contribution in [3.63, 3.8) is 0 Å². The zero-order valence-electron chi connectivity index (χ0n) is 19.6. The van der Waals surface area contributed by atoms with Crippen LogP contribution >= 0.6 is 0 Å². The van der Waals surface area contributed by atoms with Gasteiger partial charge in [-0.3, -0.25) is 4.79 Å². The lowest BCUT2D eigenvalue weighted by molar-refractivity contribution is -0.136. The number of carbonyl (C=O) groups excluding carboxylic acids is 1. The molecule has 2 aliphatic heterocycles. The van der Waals surface area contributed by atoms with Crippen molar-refractivity contribution in [1.29, 1.82) is 0 Å². The topological polar surface area (TPSA) is 61.8 Å². The molecule has 2 saturated heterocycles. The van der Waals surface area contributed by atoms with Crippen LogP contribution in [0.3, 0.4) is 0 Å². The molecular formula is C27H31N5O2. The van der Waals surface area contributed by atoms with E-state index in [1.807, 2.05) is 37.3 Å². The first kappa shape index (κ1) is 22.2. The summed E-state index contributed by atoms with van der Waals surface area (Å²) in [5.74, 6) is 2.40. The molecule has 3 heterocycles. The Morgan fingerprint density at radius 3 is 2.24 bits per heavy atom. The Bertz CT molecular complexity index is 1110. The largest absolute Gasteiger partial charge is 0.436 e. The molecule has 1 amide bonds. The van der Waals surface area contributed by atoms with Crippen LogP contribution in [0.5, 0.6) is 11.6 Å². The van der Waals surface area contributed by atoms with Gasteiger partial charge >= 0.3 is 0 Å². The molecule has 0 aliphatic carbocycles. The maximum absolute atomic E-state index is 13.2. The van der Waals surface area contributed by atoms with E-state index < -0.39 is 0 Å². The number of piperazine rings is 1.